The van der Waals surface area contributed by atoms with E-state index in [2.05, 4.69) is 25.4 Å². The van der Waals surface area contributed by atoms with Crippen molar-refractivity contribution in [2.75, 3.05) is 5.32 Å². The minimum atomic E-state index is -4.60. The topological polar surface area (TPSA) is 95.9 Å². The summed E-state index contributed by atoms with van der Waals surface area (Å²) in [5, 5.41) is 8.05. The van der Waals surface area contributed by atoms with Crippen LogP contribution in [0.3, 0.4) is 0 Å². The molecule has 2 aromatic rings. The Morgan fingerprint density at radius 3 is 2.90 bits per heavy atom. The molecular weight excluding hydrogens is 421 g/mol. The summed E-state index contributed by atoms with van der Waals surface area (Å²) in [6, 6.07) is 0.794. The summed E-state index contributed by atoms with van der Waals surface area (Å²) >= 11 is 6.09. The van der Waals surface area contributed by atoms with Gasteiger partial charge in [-0.15, -0.1) is 11.6 Å². The molecule has 30 heavy (non-hydrogen) atoms. The van der Waals surface area contributed by atoms with Gasteiger partial charge in [-0.3, -0.25) is 9.89 Å². The number of nitrogens with one attached hydrogen (secondary N) is 2. The Morgan fingerprint density at radius 2 is 2.13 bits per heavy atom. The smallest absolute Gasteiger partial charge is 0.347 e. The number of anilines is 1. The number of allylic oxidation sites excluding steroid dienone is 5. The Morgan fingerprint density at radius 1 is 1.33 bits per heavy atom. The highest BCUT2D eigenvalue weighted by Gasteiger charge is 2.36. The van der Waals surface area contributed by atoms with Crippen LogP contribution in [0.25, 0.3) is 11.3 Å². The zero-order valence-corrected chi connectivity index (χ0v) is 16.2. The number of hydrogen-bond acceptors (Lipinski definition) is 5. The number of carbonyl (C=O) groups excluding carboxylic acids is 1. The maximum Gasteiger partial charge on any atom is 0.433 e. The largest absolute Gasteiger partial charge is 0.433 e. The lowest BCUT2D eigenvalue weighted by molar-refractivity contribution is -0.140. The number of nitrogens with zero attached hydrogens (tertiary/aromatic N) is 4. The molecule has 0 spiro atoms. The van der Waals surface area contributed by atoms with Crippen molar-refractivity contribution in [3.05, 3.63) is 59.6 Å². The minimum Gasteiger partial charge on any atom is -0.347 e. The molecule has 4 rings (SSSR count). The molecule has 0 bridgehead atoms. The van der Waals surface area contributed by atoms with Gasteiger partial charge in [0.15, 0.2) is 0 Å². The van der Waals surface area contributed by atoms with E-state index in [0.717, 1.165) is 11.8 Å². The van der Waals surface area contributed by atoms with Gasteiger partial charge in [-0.2, -0.15) is 18.3 Å². The molecule has 154 valence electrons. The fourth-order valence-corrected chi connectivity index (χ4v) is 3.28. The summed E-state index contributed by atoms with van der Waals surface area (Å²) in [5.74, 6) is -0.365. The minimum absolute atomic E-state index is 0.0372. The summed E-state index contributed by atoms with van der Waals surface area (Å²) in [4.78, 5) is 24.6. The van der Waals surface area contributed by atoms with Gasteiger partial charge in [0.1, 0.15) is 5.69 Å². The highest BCUT2D eigenvalue weighted by Crippen LogP contribution is 2.34. The predicted octanol–water partition coefficient (Wildman–Crippen LogP) is 3.70. The number of carbonyl (C=O) groups is 1. The van der Waals surface area contributed by atoms with E-state index in [-0.39, 0.29) is 22.6 Å². The van der Waals surface area contributed by atoms with E-state index in [9.17, 15) is 18.0 Å². The highest BCUT2D eigenvalue weighted by atomic mass is 35.5. The number of alkyl halides is 4. The maximum absolute atomic E-state index is 13.1. The van der Waals surface area contributed by atoms with Crippen LogP contribution in [0.4, 0.5) is 19.1 Å². The van der Waals surface area contributed by atoms with Gasteiger partial charge < -0.3 is 5.32 Å². The molecule has 1 unspecified atom stereocenters. The fraction of sp³-hybridized carbons (Fsp3) is 0.211. The average molecular weight is 435 g/mol. The Bertz CT molecular complexity index is 1130. The van der Waals surface area contributed by atoms with Crippen LogP contribution in [0.2, 0.25) is 0 Å². The Kier molecular flexibility index (Phi) is 5.02. The van der Waals surface area contributed by atoms with E-state index in [1.54, 1.807) is 31.2 Å². The third-order valence-electron chi connectivity index (χ3n) is 4.52. The summed E-state index contributed by atoms with van der Waals surface area (Å²) in [7, 11) is 0. The third-order valence-corrected chi connectivity index (χ3v) is 4.79. The summed E-state index contributed by atoms with van der Waals surface area (Å²) in [6.07, 6.45) is 4.64. The van der Waals surface area contributed by atoms with Crippen LogP contribution in [-0.2, 0) is 11.0 Å². The fourth-order valence-electron chi connectivity index (χ4n) is 3.08. The van der Waals surface area contributed by atoms with Gasteiger partial charge in [0.2, 0.25) is 5.95 Å². The van der Waals surface area contributed by atoms with Crippen LogP contribution >= 0.6 is 11.6 Å². The normalized spacial score (nSPS) is 19.6. The molecule has 3 heterocycles. The molecule has 0 aromatic carbocycles. The number of hydrogen-bond donors (Lipinski definition) is 2. The first-order valence-electron chi connectivity index (χ1n) is 8.82. The van der Waals surface area contributed by atoms with Crippen molar-refractivity contribution in [3.63, 3.8) is 0 Å². The molecule has 2 aromatic heterocycles. The first kappa shape index (κ1) is 20.0. The van der Waals surface area contributed by atoms with Crippen LogP contribution in [0.15, 0.2) is 58.9 Å². The van der Waals surface area contributed by atoms with Crippen LogP contribution in [-0.4, -0.2) is 43.2 Å². The predicted molar refractivity (Wildman–Crippen MR) is 105 cm³/mol. The van der Waals surface area contributed by atoms with Gasteiger partial charge in [0.05, 0.1) is 34.6 Å². The van der Waals surface area contributed by atoms with E-state index < -0.39 is 23.8 Å². The Hall–Kier alpha value is -3.27. The van der Waals surface area contributed by atoms with Crippen LogP contribution in [0.1, 0.15) is 12.6 Å². The Labute approximate surface area is 173 Å². The standard InChI is InChI=1S/C19H14ClF3N6O/c1-9(12-7-10-6-11(20)2-3-14(10)27-17(12)30)26-18-24-5-4-15(28-18)13-8-25-29-16(13)19(21,22)23/h2-9,11H,1H3,(H,25,29)(H,24,26,28)/t9-,11?/m0/s1. The van der Waals surface area contributed by atoms with E-state index in [1.807, 2.05) is 5.10 Å². The van der Waals surface area contributed by atoms with Crippen LogP contribution < -0.4 is 5.32 Å². The zero-order chi connectivity index (χ0) is 21.5. The molecule has 2 aliphatic rings. The average Bonchev–Trinajstić information content (AvgIpc) is 3.18. The molecule has 1 aliphatic carbocycles. The van der Waals surface area contributed by atoms with Gasteiger partial charge in [0, 0.05) is 11.8 Å². The molecule has 0 radical (unpaired) electrons. The van der Waals surface area contributed by atoms with E-state index in [4.69, 9.17) is 11.6 Å². The molecule has 0 fully saturated rings. The van der Waals surface area contributed by atoms with Crippen molar-refractivity contribution < 1.29 is 18.0 Å². The number of aliphatic imine (C=N–C) groups is 1. The van der Waals surface area contributed by atoms with Gasteiger partial charge in [0.25, 0.3) is 5.91 Å². The number of H-pyrrole nitrogens is 1. The second-order valence-corrected chi connectivity index (χ2v) is 7.12. The van der Waals surface area contributed by atoms with E-state index >= 15 is 0 Å². The van der Waals surface area contributed by atoms with Crippen molar-refractivity contribution in [2.45, 2.75) is 24.5 Å². The summed E-state index contributed by atoms with van der Waals surface area (Å²) < 4.78 is 39.4. The highest BCUT2D eigenvalue weighted by molar-refractivity contribution is 6.27. The second-order valence-electron chi connectivity index (χ2n) is 6.62. The quantitative estimate of drug-likeness (QED) is 0.715. The van der Waals surface area contributed by atoms with Crippen LogP contribution in [0.5, 0.6) is 0 Å². The van der Waals surface area contributed by atoms with Gasteiger partial charge in [-0.1, -0.05) is 12.2 Å². The lowest BCUT2D eigenvalue weighted by atomic mass is 9.95. The van der Waals surface area contributed by atoms with Crippen molar-refractivity contribution in [3.8, 4) is 11.3 Å². The molecule has 11 heteroatoms. The van der Waals surface area contributed by atoms with Crippen molar-refractivity contribution in [1.29, 1.82) is 0 Å². The van der Waals surface area contributed by atoms with E-state index in [0.29, 0.717) is 11.3 Å². The second kappa shape index (κ2) is 7.52. The molecule has 1 amide bonds. The molecule has 7 nitrogen and oxygen atoms in total. The van der Waals surface area contributed by atoms with Crippen molar-refractivity contribution in [2.24, 2.45) is 4.99 Å². The summed E-state index contributed by atoms with van der Waals surface area (Å²) in [5.41, 5.74) is 0.456. The maximum atomic E-state index is 13.1. The van der Waals surface area contributed by atoms with Gasteiger partial charge >= 0.3 is 6.18 Å². The van der Waals surface area contributed by atoms with Crippen molar-refractivity contribution >= 4 is 29.2 Å². The van der Waals surface area contributed by atoms with E-state index in [1.165, 1.54) is 12.3 Å². The SMILES string of the molecule is C[C@H](Nc1nccc(-c2cn[nH]c2C(F)(F)F)n1)C1=CC2=CC(Cl)C=CC2=NC1=O. The molecule has 1 aliphatic heterocycles. The molecule has 0 saturated heterocycles. The van der Waals surface area contributed by atoms with Crippen molar-refractivity contribution in [1.82, 2.24) is 20.2 Å². The first-order valence-corrected chi connectivity index (χ1v) is 9.25. The lowest BCUT2D eigenvalue weighted by Gasteiger charge is -2.21. The summed E-state index contributed by atoms with van der Waals surface area (Å²) in [6.45, 7) is 1.71. The molecular formula is C19H14ClF3N6O. The first-order chi connectivity index (χ1) is 14.2. The number of fused-ring (bicyclic) bond motifs is 1. The monoisotopic (exact) mass is 434 g/mol. The molecule has 2 atom stereocenters. The Balaban J connectivity index is 1.58. The number of aromatic amines is 1. The third kappa shape index (κ3) is 3.90. The van der Waals surface area contributed by atoms with Gasteiger partial charge in [-0.25, -0.2) is 15.0 Å². The van der Waals surface area contributed by atoms with Gasteiger partial charge in [-0.05, 0) is 30.7 Å². The number of dihydropyridines is 1. The number of amides is 1. The molecule has 0 saturated carbocycles. The number of rotatable bonds is 4. The number of halogens is 4. The number of aromatic nitrogens is 4. The zero-order valence-electron chi connectivity index (χ0n) is 15.4. The lowest BCUT2D eigenvalue weighted by Crippen LogP contribution is -2.27. The van der Waals surface area contributed by atoms with Crippen LogP contribution in [0, 0.1) is 0 Å². The molecule has 2 N–H and O–H groups in total.